The molecule has 2 aromatic rings. The third-order valence-corrected chi connectivity index (χ3v) is 4.64. The van der Waals surface area contributed by atoms with Gasteiger partial charge in [-0.3, -0.25) is 9.59 Å². The molecule has 0 bridgehead atoms. The molecule has 0 heterocycles. The van der Waals surface area contributed by atoms with E-state index in [0.717, 1.165) is 22.3 Å². The monoisotopic (exact) mass is 401 g/mol. The van der Waals surface area contributed by atoms with Crippen molar-refractivity contribution >= 4 is 20.9 Å². The molecular weight excluding hydrogens is 371 g/mol. The van der Waals surface area contributed by atoms with Gasteiger partial charge in [0.2, 0.25) is 0 Å². The fraction of sp³-hybridized carbons (Fsp3) is 0.391. The Morgan fingerprint density at radius 1 is 0.893 bits per heavy atom. The molecule has 4 nitrogen and oxygen atoms in total. The van der Waals surface area contributed by atoms with Crippen LogP contribution >= 0.6 is 9.12 Å². The zero-order chi connectivity index (χ0) is 21.6. The number of benzene rings is 2. The smallest absolute Gasteiger partial charge is 0.321 e. The molecule has 0 aromatic heterocycles. The highest BCUT2D eigenvalue weighted by Crippen LogP contribution is 2.30. The van der Waals surface area contributed by atoms with Gasteiger partial charge in [0.05, 0.1) is 0 Å². The minimum absolute atomic E-state index is 0.205. The number of hydrogen-bond donors (Lipinski definition) is 0. The molecule has 0 aliphatic carbocycles. The van der Waals surface area contributed by atoms with E-state index in [1.165, 1.54) is 9.12 Å². The van der Waals surface area contributed by atoms with Crippen molar-refractivity contribution in [1.82, 2.24) is 0 Å². The highest BCUT2D eigenvalue weighted by molar-refractivity contribution is 7.00. The van der Waals surface area contributed by atoms with Crippen molar-refractivity contribution in [2.45, 2.75) is 60.0 Å². The van der Waals surface area contributed by atoms with E-state index in [2.05, 4.69) is 0 Å². The van der Waals surface area contributed by atoms with Crippen molar-refractivity contribution < 1.29 is 18.9 Å². The van der Waals surface area contributed by atoms with E-state index in [9.17, 15) is 9.59 Å². The van der Waals surface area contributed by atoms with Crippen molar-refractivity contribution in [3.8, 4) is 0 Å². The molecule has 5 heteroatoms. The lowest BCUT2D eigenvalue weighted by Gasteiger charge is -2.25. The maximum atomic E-state index is 13.5. The second-order valence-electron chi connectivity index (χ2n) is 7.88. The van der Waals surface area contributed by atoms with Crippen LogP contribution in [0, 0.1) is 27.7 Å². The van der Waals surface area contributed by atoms with Crippen LogP contribution < -0.4 is 0 Å². The van der Waals surface area contributed by atoms with Gasteiger partial charge in [0.15, 0.2) is 5.78 Å². The summed E-state index contributed by atoms with van der Waals surface area (Å²) in [5.41, 5.74) is 4.66. The first-order valence-corrected chi connectivity index (χ1v) is 9.63. The second-order valence-corrected chi connectivity index (χ2v) is 7.88. The average molecular weight is 401 g/mol. The summed E-state index contributed by atoms with van der Waals surface area (Å²) in [6.45, 7) is 13.3. The Morgan fingerprint density at radius 2 is 1.43 bits per heavy atom. The lowest BCUT2D eigenvalue weighted by Crippen LogP contribution is -2.32. The molecule has 0 fully saturated rings. The predicted molar refractivity (Wildman–Crippen MR) is 115 cm³/mol. The largest absolute Gasteiger partial charge is 0.459 e. The summed E-state index contributed by atoms with van der Waals surface area (Å²) in [5.74, 6) is -1.68. The number of aryl methyl sites for hydroxylation is 2. The van der Waals surface area contributed by atoms with Crippen LogP contribution in [0.5, 0.6) is 0 Å². The van der Waals surface area contributed by atoms with Crippen LogP contribution in [0.1, 0.15) is 64.9 Å². The SMILES string of the molecule is Cc1cc(C)c(C(=O)C(C(=O)OC(C)(C)C)c2ccccc2)c(C)c1C.O=[PH2+]. The zero-order valence-corrected chi connectivity index (χ0v) is 18.9. The van der Waals surface area contributed by atoms with Crippen LogP contribution in [-0.2, 0) is 14.1 Å². The summed E-state index contributed by atoms with van der Waals surface area (Å²) >= 11 is 0. The fourth-order valence-corrected chi connectivity index (χ4v) is 3.21. The van der Waals surface area contributed by atoms with Gasteiger partial charge in [0.1, 0.15) is 11.5 Å². The molecule has 0 aliphatic heterocycles. The van der Waals surface area contributed by atoms with Gasteiger partial charge in [-0.05, 0) is 76.3 Å². The lowest BCUT2D eigenvalue weighted by atomic mass is 9.84. The van der Waals surface area contributed by atoms with Crippen LogP contribution in [0.15, 0.2) is 36.4 Å². The zero-order valence-electron chi connectivity index (χ0n) is 17.8. The van der Waals surface area contributed by atoms with Crippen molar-refractivity contribution in [3.63, 3.8) is 0 Å². The predicted octanol–water partition coefficient (Wildman–Crippen LogP) is 5.44. The van der Waals surface area contributed by atoms with Gasteiger partial charge in [-0.25, -0.2) is 0 Å². The Balaban J connectivity index is 0.00000190. The molecule has 2 rings (SSSR count). The minimum Gasteiger partial charge on any atom is -0.459 e. The standard InChI is InChI=1S/C23H28O3.H2OP/c1-14-13-15(2)19(17(4)16(14)3)21(24)20(18-11-9-8-10-12-18)22(25)26-23(5,6)7;1-2/h8-13,20H,1-7H3;2H2/q;+1. The normalized spacial score (nSPS) is 11.8. The summed E-state index contributed by atoms with van der Waals surface area (Å²) in [4.78, 5) is 26.4. The third kappa shape index (κ3) is 5.59. The molecule has 0 aliphatic rings. The molecular formula is C23H30O4P+. The molecule has 0 spiro atoms. The van der Waals surface area contributed by atoms with Gasteiger partial charge >= 0.3 is 15.1 Å². The number of carbonyl (C=O) groups excluding carboxylic acids is 2. The Bertz CT molecular complexity index is 851. The molecule has 0 saturated carbocycles. The minimum atomic E-state index is -0.963. The van der Waals surface area contributed by atoms with Gasteiger partial charge in [-0.15, -0.1) is 0 Å². The third-order valence-electron chi connectivity index (χ3n) is 4.64. The van der Waals surface area contributed by atoms with E-state index in [4.69, 9.17) is 9.30 Å². The second kappa shape index (κ2) is 9.75. The number of ether oxygens (including phenoxy) is 1. The average Bonchev–Trinajstić information content (AvgIpc) is 2.61. The fourth-order valence-electron chi connectivity index (χ4n) is 3.21. The number of ketones is 1. The molecule has 0 radical (unpaired) electrons. The van der Waals surface area contributed by atoms with Gasteiger partial charge in [0, 0.05) is 5.56 Å². The Labute approximate surface area is 169 Å². The Kier molecular flexibility index (Phi) is 8.26. The Hall–Kier alpha value is -2.32. The number of Topliss-reactive ketones (excluding diaryl/α,β-unsaturated/α-hetero) is 1. The van der Waals surface area contributed by atoms with Gasteiger partial charge < -0.3 is 4.74 Å². The number of rotatable bonds is 4. The number of hydrogen-bond acceptors (Lipinski definition) is 4. The summed E-state index contributed by atoms with van der Waals surface area (Å²) in [5, 5.41) is 0. The van der Waals surface area contributed by atoms with E-state index in [1.807, 2.05) is 72.7 Å². The van der Waals surface area contributed by atoms with Crippen LogP contribution in [0.25, 0.3) is 0 Å². The van der Waals surface area contributed by atoms with Crippen molar-refractivity contribution in [2.24, 2.45) is 0 Å². The quantitative estimate of drug-likeness (QED) is 0.296. The van der Waals surface area contributed by atoms with Crippen molar-refractivity contribution in [3.05, 3.63) is 69.8 Å². The maximum Gasteiger partial charge on any atom is 0.321 e. The molecule has 0 saturated heterocycles. The van der Waals surface area contributed by atoms with Crippen molar-refractivity contribution in [2.75, 3.05) is 0 Å². The van der Waals surface area contributed by atoms with Crippen molar-refractivity contribution in [1.29, 1.82) is 0 Å². The van der Waals surface area contributed by atoms with Gasteiger partial charge in [-0.1, -0.05) is 41.0 Å². The molecule has 2 aromatic carbocycles. The number of carbonyl (C=O) groups is 2. The first-order valence-electron chi connectivity index (χ1n) is 9.16. The highest BCUT2D eigenvalue weighted by atomic mass is 31.0. The molecule has 150 valence electrons. The molecule has 2 atom stereocenters. The number of esters is 1. The summed E-state index contributed by atoms with van der Waals surface area (Å²) in [7, 11) is 1.17. The van der Waals surface area contributed by atoms with E-state index < -0.39 is 17.5 Å². The Morgan fingerprint density at radius 3 is 1.93 bits per heavy atom. The molecule has 28 heavy (non-hydrogen) atoms. The van der Waals surface area contributed by atoms with Crippen LogP contribution in [0.3, 0.4) is 0 Å². The summed E-state index contributed by atoms with van der Waals surface area (Å²) in [6.07, 6.45) is 0. The van der Waals surface area contributed by atoms with Crippen LogP contribution in [0.2, 0.25) is 0 Å². The van der Waals surface area contributed by atoms with E-state index >= 15 is 0 Å². The summed E-state index contributed by atoms with van der Waals surface area (Å²) in [6, 6.07) is 11.1. The van der Waals surface area contributed by atoms with E-state index in [1.54, 1.807) is 12.1 Å². The molecule has 0 amide bonds. The van der Waals surface area contributed by atoms with Gasteiger partial charge in [-0.2, -0.15) is 0 Å². The maximum absolute atomic E-state index is 13.5. The first kappa shape index (κ1) is 23.7. The van der Waals surface area contributed by atoms with E-state index in [0.29, 0.717) is 11.1 Å². The summed E-state index contributed by atoms with van der Waals surface area (Å²) < 4.78 is 13.7. The molecule has 0 N–H and O–H groups in total. The van der Waals surface area contributed by atoms with Crippen LogP contribution in [0.4, 0.5) is 0 Å². The highest BCUT2D eigenvalue weighted by Gasteiger charge is 2.35. The van der Waals surface area contributed by atoms with E-state index in [-0.39, 0.29) is 5.78 Å². The van der Waals surface area contributed by atoms with Gasteiger partial charge in [0.25, 0.3) is 0 Å². The topological polar surface area (TPSA) is 60.4 Å². The lowest BCUT2D eigenvalue weighted by molar-refractivity contribution is -0.155. The molecule has 2 unspecified atom stereocenters. The van der Waals surface area contributed by atoms with Crippen LogP contribution in [-0.4, -0.2) is 17.4 Å². The first-order chi connectivity index (χ1) is 13.0.